The van der Waals surface area contributed by atoms with Crippen molar-refractivity contribution in [3.63, 3.8) is 0 Å². The molecular formula is C13H15BrFNO2. The van der Waals surface area contributed by atoms with Gasteiger partial charge in [-0.05, 0) is 40.4 Å². The van der Waals surface area contributed by atoms with Crippen molar-refractivity contribution >= 4 is 21.7 Å². The smallest absolute Gasteiger partial charge is 0.157 e. The number of carbonyl (C=O) groups excluding carboxylic acids is 1. The maximum Gasteiger partial charge on any atom is 0.157 e. The van der Waals surface area contributed by atoms with Gasteiger partial charge in [0, 0.05) is 19.6 Å². The zero-order valence-corrected chi connectivity index (χ0v) is 11.5. The minimum atomic E-state index is -0.829. The topological polar surface area (TPSA) is 52.3 Å². The van der Waals surface area contributed by atoms with Crippen molar-refractivity contribution in [2.24, 2.45) is 5.73 Å². The van der Waals surface area contributed by atoms with Gasteiger partial charge in [-0.3, -0.25) is 4.79 Å². The molecule has 1 fully saturated rings. The number of nitrogens with two attached hydrogens (primary N) is 1. The van der Waals surface area contributed by atoms with Crippen molar-refractivity contribution in [2.75, 3.05) is 13.2 Å². The molecule has 0 aromatic heterocycles. The van der Waals surface area contributed by atoms with Crippen LogP contribution in [0.4, 0.5) is 4.39 Å². The highest BCUT2D eigenvalue weighted by molar-refractivity contribution is 9.10. The van der Waals surface area contributed by atoms with E-state index in [0.29, 0.717) is 36.1 Å². The molecule has 0 unspecified atom stereocenters. The van der Waals surface area contributed by atoms with Gasteiger partial charge in [-0.25, -0.2) is 4.39 Å². The second-order valence-corrected chi connectivity index (χ2v) is 5.37. The molecule has 1 aromatic rings. The zero-order valence-electron chi connectivity index (χ0n) is 9.92. The van der Waals surface area contributed by atoms with Crippen LogP contribution in [-0.4, -0.2) is 24.5 Å². The Balaban J connectivity index is 2.13. The molecule has 0 bridgehead atoms. The molecule has 1 heterocycles. The summed E-state index contributed by atoms with van der Waals surface area (Å²) in [7, 11) is 0. The third kappa shape index (κ3) is 2.79. The lowest BCUT2D eigenvalue weighted by Crippen LogP contribution is -2.52. The van der Waals surface area contributed by atoms with Crippen LogP contribution >= 0.6 is 15.9 Å². The number of halogens is 2. The molecule has 1 aromatic carbocycles. The Bertz CT molecular complexity index is 458. The van der Waals surface area contributed by atoms with Gasteiger partial charge in [0.25, 0.3) is 0 Å². The van der Waals surface area contributed by atoms with Crippen LogP contribution in [0, 0.1) is 5.82 Å². The fraction of sp³-hybridized carbons (Fsp3) is 0.462. The number of carbonyl (C=O) groups is 1. The number of rotatable bonds is 3. The summed E-state index contributed by atoms with van der Waals surface area (Å²) in [5, 5.41) is 0. The lowest BCUT2D eigenvalue weighted by Gasteiger charge is -2.31. The Hall–Kier alpha value is -0.780. The van der Waals surface area contributed by atoms with Crippen LogP contribution in [0.15, 0.2) is 22.7 Å². The number of hydrogen-bond acceptors (Lipinski definition) is 3. The molecule has 0 saturated carbocycles. The van der Waals surface area contributed by atoms with Gasteiger partial charge in [-0.1, -0.05) is 12.1 Å². The van der Waals surface area contributed by atoms with E-state index in [4.69, 9.17) is 10.5 Å². The van der Waals surface area contributed by atoms with E-state index in [9.17, 15) is 9.18 Å². The van der Waals surface area contributed by atoms with Gasteiger partial charge in [-0.15, -0.1) is 0 Å². The van der Waals surface area contributed by atoms with Crippen LogP contribution in [-0.2, 0) is 16.0 Å². The predicted molar refractivity (Wildman–Crippen MR) is 69.8 cm³/mol. The quantitative estimate of drug-likeness (QED) is 0.930. The van der Waals surface area contributed by atoms with Crippen molar-refractivity contribution in [1.29, 1.82) is 0 Å². The molecule has 1 aliphatic heterocycles. The first kappa shape index (κ1) is 13.6. The zero-order chi connectivity index (χ0) is 13.2. The van der Waals surface area contributed by atoms with Gasteiger partial charge < -0.3 is 10.5 Å². The Morgan fingerprint density at radius 3 is 2.78 bits per heavy atom. The Labute approximate surface area is 114 Å². The summed E-state index contributed by atoms with van der Waals surface area (Å²) >= 11 is 3.16. The number of ether oxygens (including phenoxy) is 1. The molecule has 0 radical (unpaired) electrons. The summed E-state index contributed by atoms with van der Waals surface area (Å²) < 4.78 is 18.9. The molecule has 1 saturated heterocycles. The molecule has 0 atom stereocenters. The van der Waals surface area contributed by atoms with E-state index >= 15 is 0 Å². The van der Waals surface area contributed by atoms with Crippen molar-refractivity contribution in [3.8, 4) is 0 Å². The van der Waals surface area contributed by atoms with Gasteiger partial charge >= 0.3 is 0 Å². The lowest BCUT2D eigenvalue weighted by atomic mass is 9.84. The van der Waals surface area contributed by atoms with Crippen LogP contribution in [0.2, 0.25) is 0 Å². The molecule has 0 aliphatic carbocycles. The fourth-order valence-electron chi connectivity index (χ4n) is 2.05. The maximum absolute atomic E-state index is 13.4. The lowest BCUT2D eigenvalue weighted by molar-refractivity contribution is -0.126. The third-order valence-corrected chi connectivity index (χ3v) is 4.21. The molecule has 5 heteroatoms. The molecule has 3 nitrogen and oxygen atoms in total. The molecule has 2 N–H and O–H groups in total. The molecule has 1 aliphatic rings. The van der Waals surface area contributed by atoms with Crippen LogP contribution in [0.3, 0.4) is 0 Å². The maximum atomic E-state index is 13.4. The van der Waals surface area contributed by atoms with Gasteiger partial charge in [0.1, 0.15) is 5.82 Å². The first-order valence-corrected chi connectivity index (χ1v) is 6.65. The van der Waals surface area contributed by atoms with Crippen molar-refractivity contribution in [3.05, 3.63) is 34.1 Å². The number of benzene rings is 1. The first-order valence-electron chi connectivity index (χ1n) is 5.86. The standard InChI is InChI=1S/C13H15BrFNO2/c14-12-9(2-1-3-10(12)15)8-11(17)13(16)4-6-18-7-5-13/h1-3H,4-8,16H2. The highest BCUT2D eigenvalue weighted by Gasteiger charge is 2.35. The van der Waals surface area contributed by atoms with E-state index in [1.54, 1.807) is 12.1 Å². The molecular weight excluding hydrogens is 301 g/mol. The molecule has 18 heavy (non-hydrogen) atoms. The SMILES string of the molecule is NC1(C(=O)Cc2cccc(F)c2Br)CCOCC1. The molecule has 2 rings (SSSR count). The number of Topliss-reactive ketones (excluding diaryl/α,β-unsaturated/α-hetero) is 1. The molecule has 98 valence electrons. The third-order valence-electron chi connectivity index (χ3n) is 3.32. The monoisotopic (exact) mass is 315 g/mol. The normalized spacial score (nSPS) is 18.6. The summed E-state index contributed by atoms with van der Waals surface area (Å²) in [4.78, 5) is 12.2. The Morgan fingerprint density at radius 1 is 1.44 bits per heavy atom. The largest absolute Gasteiger partial charge is 0.381 e. The van der Waals surface area contributed by atoms with E-state index in [1.165, 1.54) is 6.07 Å². The summed E-state index contributed by atoms with van der Waals surface area (Å²) in [5.41, 5.74) is 5.91. The van der Waals surface area contributed by atoms with E-state index in [1.807, 2.05) is 0 Å². The van der Waals surface area contributed by atoms with Crippen LogP contribution in [0.5, 0.6) is 0 Å². The van der Waals surface area contributed by atoms with E-state index < -0.39 is 5.54 Å². The van der Waals surface area contributed by atoms with E-state index in [-0.39, 0.29) is 18.0 Å². The second-order valence-electron chi connectivity index (χ2n) is 4.58. The summed E-state index contributed by atoms with van der Waals surface area (Å²) in [6.07, 6.45) is 1.20. The van der Waals surface area contributed by atoms with Crippen molar-refractivity contribution < 1.29 is 13.9 Å². The molecule has 0 spiro atoms. The van der Waals surface area contributed by atoms with Gasteiger partial charge in [0.05, 0.1) is 10.0 Å². The van der Waals surface area contributed by atoms with E-state index in [0.717, 1.165) is 0 Å². The molecule has 0 amide bonds. The fourth-order valence-corrected chi connectivity index (χ4v) is 2.45. The number of ketones is 1. The van der Waals surface area contributed by atoms with Gasteiger partial charge in [0.15, 0.2) is 5.78 Å². The first-order chi connectivity index (χ1) is 8.53. The summed E-state index contributed by atoms with van der Waals surface area (Å²) in [5.74, 6) is -0.421. The van der Waals surface area contributed by atoms with Crippen molar-refractivity contribution in [1.82, 2.24) is 0 Å². The van der Waals surface area contributed by atoms with Crippen LogP contribution < -0.4 is 5.73 Å². The van der Waals surface area contributed by atoms with Gasteiger partial charge in [-0.2, -0.15) is 0 Å². The minimum Gasteiger partial charge on any atom is -0.381 e. The van der Waals surface area contributed by atoms with Crippen LogP contribution in [0.1, 0.15) is 18.4 Å². The Kier molecular flexibility index (Phi) is 4.14. The summed E-state index contributed by atoms with van der Waals surface area (Å²) in [6.45, 7) is 1.01. The Morgan fingerprint density at radius 2 is 2.11 bits per heavy atom. The second kappa shape index (κ2) is 5.47. The predicted octanol–water partition coefficient (Wildman–Crippen LogP) is 2.21. The van der Waals surface area contributed by atoms with Crippen molar-refractivity contribution in [2.45, 2.75) is 24.8 Å². The van der Waals surface area contributed by atoms with Gasteiger partial charge in [0.2, 0.25) is 0 Å². The summed E-state index contributed by atoms with van der Waals surface area (Å²) in [6, 6.07) is 4.67. The highest BCUT2D eigenvalue weighted by atomic mass is 79.9. The average Bonchev–Trinajstić information content (AvgIpc) is 2.36. The highest BCUT2D eigenvalue weighted by Crippen LogP contribution is 2.25. The minimum absolute atomic E-state index is 0.0582. The van der Waals surface area contributed by atoms with Crippen LogP contribution in [0.25, 0.3) is 0 Å². The number of hydrogen-bond donors (Lipinski definition) is 1. The average molecular weight is 316 g/mol. The van der Waals surface area contributed by atoms with E-state index in [2.05, 4.69) is 15.9 Å².